The van der Waals surface area contributed by atoms with Crippen molar-refractivity contribution in [1.82, 2.24) is 0 Å². The number of aliphatic carboxylic acids is 1. The van der Waals surface area contributed by atoms with E-state index in [0.717, 1.165) is 0 Å². The Hall–Kier alpha value is -0.353. The molecule has 0 amide bonds. The first-order valence-corrected chi connectivity index (χ1v) is 1.10. The van der Waals surface area contributed by atoms with Crippen LogP contribution in [0.5, 0.6) is 0 Å². The maximum atomic E-state index is 9.12. The first kappa shape index (κ1) is 9.17. The number of carbonyl (C=O) groups is 1. The third-order valence-electron chi connectivity index (χ3n) is 0.135. The lowest BCUT2D eigenvalue weighted by Crippen LogP contribution is -1.98. The van der Waals surface area contributed by atoms with Gasteiger partial charge in [0, 0.05) is 11.0 Å². The fourth-order valence-electron chi connectivity index (χ4n) is 0. The van der Waals surface area contributed by atoms with Crippen LogP contribution in [0.15, 0.2) is 0 Å². The number of hydrogen-bond acceptors (Lipinski definition) is 2. The number of rotatable bonds is 1. The second-order valence-electron chi connectivity index (χ2n) is 0.552. The molecule has 0 saturated carbocycles. The van der Waals surface area contributed by atoms with Crippen molar-refractivity contribution in [3.05, 3.63) is 0 Å². The van der Waals surface area contributed by atoms with Gasteiger partial charge in [0.05, 0.1) is 0 Å². The average molecular weight is 104 g/mol. The summed E-state index contributed by atoms with van der Waals surface area (Å²) in [5, 5.41) is 15.0. The highest BCUT2D eigenvalue weighted by Crippen LogP contribution is 1.48. The molecule has 0 aromatic rings. The van der Waals surface area contributed by atoms with Crippen molar-refractivity contribution in [1.29, 1.82) is 0 Å². The molecule has 0 aliphatic carbocycles. The van der Waals surface area contributed by atoms with Crippen molar-refractivity contribution in [2.45, 2.75) is 0 Å². The van der Waals surface area contributed by atoms with Crippen molar-refractivity contribution in [3.8, 4) is 0 Å². The summed E-state index contributed by atoms with van der Waals surface area (Å²) in [6.07, 6.45) is 0. The molecule has 4 heteroatoms. The number of carboxylic acids is 1. The predicted octanol–water partition coefficient (Wildman–Crippen LogP) is -1.32. The van der Waals surface area contributed by atoms with Gasteiger partial charge in [-0.2, -0.15) is 0 Å². The first-order chi connectivity index (χ1) is 2.27. The zero-order chi connectivity index (χ0) is 4.28. The summed E-state index contributed by atoms with van der Waals surface area (Å²) in [6.45, 7) is -0.778. The Morgan fingerprint density at radius 1 is 1.67 bits per heavy atom. The van der Waals surface area contributed by atoms with Gasteiger partial charge in [-0.1, -0.05) is 0 Å². The maximum Gasteiger partial charge on any atom is 0.329 e. The highest BCUT2D eigenvalue weighted by atomic mass is 28.1. The van der Waals surface area contributed by atoms with E-state index in [0.29, 0.717) is 0 Å². The highest BCUT2D eigenvalue weighted by molar-refractivity contribution is 5.75. The van der Waals surface area contributed by atoms with Crippen LogP contribution in [0.1, 0.15) is 0 Å². The Labute approximate surface area is 39.6 Å². The average Bonchev–Trinajstić information content (AvgIpc) is 1.38. The van der Waals surface area contributed by atoms with Crippen LogP contribution in [-0.2, 0) is 4.79 Å². The fourth-order valence-corrected chi connectivity index (χ4v) is 0. The van der Waals surface area contributed by atoms with Crippen LogP contribution in [-0.4, -0.2) is 33.8 Å². The lowest BCUT2D eigenvalue weighted by atomic mass is 10.8. The Kier molecular flexibility index (Phi) is 7.10. The highest BCUT2D eigenvalue weighted by Gasteiger charge is 1.82. The summed E-state index contributed by atoms with van der Waals surface area (Å²) in [5.74, 6) is -1.19. The number of aliphatic hydroxyl groups excluding tert-OH is 1. The molecule has 0 heterocycles. The molecule has 0 aromatic heterocycles. The van der Waals surface area contributed by atoms with E-state index in [2.05, 4.69) is 0 Å². The molecule has 0 bridgehead atoms. The molecule has 0 aliphatic rings. The lowest BCUT2D eigenvalue weighted by molar-refractivity contribution is -0.140. The van der Waals surface area contributed by atoms with Crippen LogP contribution in [0.4, 0.5) is 0 Å². The third kappa shape index (κ3) is 9.42. The standard InChI is InChI=1S/C2H4O3.Si/c3-1-2(4)5;/h3H,1H2,(H,4,5);. The minimum absolute atomic E-state index is 0. The van der Waals surface area contributed by atoms with Crippen LogP contribution in [0.25, 0.3) is 0 Å². The van der Waals surface area contributed by atoms with Crippen molar-refractivity contribution in [3.63, 3.8) is 0 Å². The number of hydrogen-bond donors (Lipinski definition) is 2. The Morgan fingerprint density at radius 3 is 1.83 bits per heavy atom. The van der Waals surface area contributed by atoms with Crippen molar-refractivity contribution in [2.75, 3.05) is 6.61 Å². The summed E-state index contributed by atoms with van der Waals surface area (Å²) in [6, 6.07) is 0. The van der Waals surface area contributed by atoms with E-state index in [1.807, 2.05) is 0 Å². The van der Waals surface area contributed by atoms with Crippen molar-refractivity contribution >= 4 is 16.9 Å². The van der Waals surface area contributed by atoms with Crippen LogP contribution in [0.2, 0.25) is 0 Å². The second-order valence-corrected chi connectivity index (χ2v) is 0.552. The lowest BCUT2D eigenvalue weighted by Gasteiger charge is -1.72. The number of carboxylic acid groups (broad SMARTS) is 1. The molecular formula is C2H4O3Si. The Balaban J connectivity index is 0. The minimum Gasteiger partial charge on any atom is -0.480 e. The SMILES string of the molecule is O=C(O)CO.[Si]. The van der Waals surface area contributed by atoms with E-state index >= 15 is 0 Å². The molecule has 0 aromatic carbocycles. The van der Waals surface area contributed by atoms with E-state index in [1.54, 1.807) is 0 Å². The van der Waals surface area contributed by atoms with Gasteiger partial charge in [-0.3, -0.25) is 0 Å². The molecule has 0 spiro atoms. The molecule has 0 aliphatic heterocycles. The Bertz CT molecular complexity index is 44.1. The van der Waals surface area contributed by atoms with Gasteiger partial charge in [0.2, 0.25) is 0 Å². The molecular weight excluding hydrogens is 100 g/mol. The summed E-state index contributed by atoms with van der Waals surface area (Å²) in [5.41, 5.74) is 0. The van der Waals surface area contributed by atoms with Gasteiger partial charge >= 0.3 is 5.97 Å². The Morgan fingerprint density at radius 2 is 1.83 bits per heavy atom. The zero-order valence-corrected chi connectivity index (χ0v) is 4.01. The van der Waals surface area contributed by atoms with Gasteiger partial charge in [0.15, 0.2) is 0 Å². The predicted molar refractivity (Wildman–Crippen MR) is 20.5 cm³/mol. The van der Waals surface area contributed by atoms with Gasteiger partial charge in [0.25, 0.3) is 0 Å². The smallest absolute Gasteiger partial charge is 0.329 e. The summed E-state index contributed by atoms with van der Waals surface area (Å²) in [7, 11) is 0. The van der Waals surface area contributed by atoms with Crippen LogP contribution < -0.4 is 0 Å². The van der Waals surface area contributed by atoms with Crippen LogP contribution in [0.3, 0.4) is 0 Å². The van der Waals surface area contributed by atoms with Gasteiger partial charge in [-0.15, -0.1) is 0 Å². The molecule has 4 radical (unpaired) electrons. The van der Waals surface area contributed by atoms with Crippen LogP contribution >= 0.6 is 0 Å². The van der Waals surface area contributed by atoms with E-state index in [4.69, 9.17) is 15.0 Å². The summed E-state index contributed by atoms with van der Waals surface area (Å²) < 4.78 is 0. The van der Waals surface area contributed by atoms with Gasteiger partial charge in [0.1, 0.15) is 6.61 Å². The molecule has 0 unspecified atom stereocenters. The van der Waals surface area contributed by atoms with E-state index < -0.39 is 12.6 Å². The third-order valence-corrected chi connectivity index (χ3v) is 0.135. The quantitative estimate of drug-likeness (QED) is 0.406. The molecule has 0 atom stereocenters. The largest absolute Gasteiger partial charge is 0.480 e. The topological polar surface area (TPSA) is 57.5 Å². The van der Waals surface area contributed by atoms with Crippen molar-refractivity contribution in [2.24, 2.45) is 0 Å². The van der Waals surface area contributed by atoms with E-state index in [-0.39, 0.29) is 11.0 Å². The molecule has 0 saturated heterocycles. The summed E-state index contributed by atoms with van der Waals surface area (Å²) >= 11 is 0. The second kappa shape index (κ2) is 4.65. The van der Waals surface area contributed by atoms with Gasteiger partial charge < -0.3 is 10.2 Å². The zero-order valence-electron chi connectivity index (χ0n) is 3.01. The minimum atomic E-state index is -1.19. The normalized spacial score (nSPS) is 6.17. The van der Waals surface area contributed by atoms with Crippen molar-refractivity contribution < 1.29 is 15.0 Å². The molecule has 34 valence electrons. The summed E-state index contributed by atoms with van der Waals surface area (Å²) in [4.78, 5) is 9.12. The molecule has 6 heavy (non-hydrogen) atoms. The number of aliphatic hydroxyl groups is 1. The first-order valence-electron chi connectivity index (χ1n) is 1.10. The molecule has 0 rings (SSSR count). The monoisotopic (exact) mass is 104 g/mol. The van der Waals surface area contributed by atoms with Crippen LogP contribution in [0, 0.1) is 0 Å². The van der Waals surface area contributed by atoms with Gasteiger partial charge in [-0.25, -0.2) is 4.79 Å². The molecule has 3 nitrogen and oxygen atoms in total. The molecule has 2 N–H and O–H groups in total. The van der Waals surface area contributed by atoms with Gasteiger partial charge in [-0.05, 0) is 0 Å². The van der Waals surface area contributed by atoms with E-state index in [1.165, 1.54) is 0 Å². The van der Waals surface area contributed by atoms with E-state index in [9.17, 15) is 0 Å². The molecule has 0 fully saturated rings. The fraction of sp³-hybridized carbons (Fsp3) is 0.500. The maximum absolute atomic E-state index is 9.12.